The van der Waals surface area contributed by atoms with E-state index < -0.39 is 17.5 Å². The van der Waals surface area contributed by atoms with E-state index >= 15 is 0 Å². The number of benzene rings is 1. The summed E-state index contributed by atoms with van der Waals surface area (Å²) < 4.78 is 27.0. The third-order valence-corrected chi connectivity index (χ3v) is 3.47. The molecule has 0 aliphatic heterocycles. The van der Waals surface area contributed by atoms with Crippen LogP contribution in [0.2, 0.25) is 0 Å². The first-order valence-corrected chi connectivity index (χ1v) is 7.26. The van der Waals surface area contributed by atoms with Crippen LogP contribution in [0.15, 0.2) is 55.2 Å². The molecule has 6 nitrogen and oxygen atoms in total. The Hall–Kier alpha value is -3.42. The van der Waals surface area contributed by atoms with Crippen molar-refractivity contribution in [3.8, 4) is 0 Å². The Labute approximate surface area is 142 Å². The molecule has 0 saturated carbocycles. The number of amides is 1. The second-order valence-electron chi connectivity index (χ2n) is 5.14. The maximum Gasteiger partial charge on any atom is 0.256 e. The molecule has 0 radical (unpaired) electrons. The molecule has 2 aromatic heterocycles. The summed E-state index contributed by atoms with van der Waals surface area (Å²) >= 11 is 0. The van der Waals surface area contributed by atoms with Gasteiger partial charge in [-0.2, -0.15) is 0 Å². The van der Waals surface area contributed by atoms with E-state index in [0.29, 0.717) is 5.69 Å². The van der Waals surface area contributed by atoms with Crippen molar-refractivity contribution in [3.05, 3.63) is 72.4 Å². The Balaban J connectivity index is 1.85. The number of halogens is 2. The Bertz CT molecular complexity index is 887. The number of aromatic nitrogens is 3. The lowest BCUT2D eigenvalue weighted by atomic mass is 10.1. The van der Waals surface area contributed by atoms with E-state index in [1.165, 1.54) is 54.0 Å². The quantitative estimate of drug-likeness (QED) is 0.789. The highest BCUT2D eigenvalue weighted by molar-refractivity contribution is 6.04. The first kappa shape index (κ1) is 16.4. The highest BCUT2D eigenvalue weighted by Gasteiger charge is 2.15. The molecule has 2 heterocycles. The van der Waals surface area contributed by atoms with Crippen LogP contribution in [-0.2, 0) is 0 Å². The number of nitrogens with zero attached hydrogens (tertiary/aromatic N) is 4. The minimum absolute atomic E-state index is 0.189. The van der Waals surface area contributed by atoms with Gasteiger partial charge in [-0.05, 0) is 30.3 Å². The fraction of sp³-hybridized carbons (Fsp3) is 0.0588. The molecule has 0 bridgehead atoms. The summed E-state index contributed by atoms with van der Waals surface area (Å²) in [6.07, 6.45) is 5.42. The Kier molecular flexibility index (Phi) is 4.60. The second-order valence-corrected chi connectivity index (χ2v) is 5.14. The molecule has 0 atom stereocenters. The van der Waals surface area contributed by atoms with Crippen molar-refractivity contribution in [3.63, 3.8) is 0 Å². The van der Waals surface area contributed by atoms with E-state index in [-0.39, 0.29) is 17.1 Å². The average molecular weight is 341 g/mol. The summed E-state index contributed by atoms with van der Waals surface area (Å²) in [6, 6.07) is 6.48. The number of carbonyl (C=O) groups excluding carboxylic acids is 1. The van der Waals surface area contributed by atoms with Crippen LogP contribution in [-0.4, -0.2) is 27.9 Å². The fourth-order valence-corrected chi connectivity index (χ4v) is 2.15. The minimum Gasteiger partial charge on any atom is -0.340 e. The standard InChI is InChI=1S/C17H13F2N5O/c1-24(13-8-20-10-21-9-13)15-6-11(2-4-14(15)19)17(25)23-16-5-3-12(18)7-22-16/h2-10H,1H3,(H,22,23,25). The molecule has 0 fully saturated rings. The number of hydrogen-bond donors (Lipinski definition) is 1. The molecule has 1 N–H and O–H groups in total. The molecule has 0 aliphatic carbocycles. The summed E-state index contributed by atoms with van der Waals surface area (Å²) in [5.74, 6) is -1.29. The van der Waals surface area contributed by atoms with Crippen molar-refractivity contribution >= 4 is 23.1 Å². The van der Waals surface area contributed by atoms with Crippen LogP contribution in [0.1, 0.15) is 10.4 Å². The number of nitrogens with one attached hydrogen (secondary N) is 1. The molecule has 0 spiro atoms. The molecular formula is C17H13F2N5O. The Morgan fingerprint density at radius 1 is 1.08 bits per heavy atom. The van der Waals surface area contributed by atoms with Gasteiger partial charge in [-0.25, -0.2) is 23.7 Å². The third-order valence-electron chi connectivity index (χ3n) is 3.47. The van der Waals surface area contributed by atoms with Gasteiger partial charge >= 0.3 is 0 Å². The van der Waals surface area contributed by atoms with Gasteiger partial charge in [0, 0.05) is 12.6 Å². The van der Waals surface area contributed by atoms with Gasteiger partial charge in [-0.1, -0.05) is 0 Å². The molecule has 3 rings (SSSR count). The van der Waals surface area contributed by atoms with Gasteiger partial charge in [0.15, 0.2) is 0 Å². The first-order chi connectivity index (χ1) is 12.0. The van der Waals surface area contributed by atoms with Gasteiger partial charge in [-0.3, -0.25) is 4.79 Å². The predicted molar refractivity (Wildman–Crippen MR) is 88.6 cm³/mol. The molecule has 1 amide bonds. The zero-order valence-corrected chi connectivity index (χ0v) is 13.1. The van der Waals surface area contributed by atoms with Crippen LogP contribution in [0, 0.1) is 11.6 Å². The Morgan fingerprint density at radius 3 is 2.52 bits per heavy atom. The van der Waals surface area contributed by atoms with E-state index in [9.17, 15) is 13.6 Å². The molecule has 0 saturated heterocycles. The minimum atomic E-state index is -0.506. The SMILES string of the molecule is CN(c1cncnc1)c1cc(C(=O)Nc2ccc(F)cn2)ccc1F. The maximum absolute atomic E-state index is 14.2. The lowest BCUT2D eigenvalue weighted by molar-refractivity contribution is 0.102. The lowest BCUT2D eigenvalue weighted by Gasteiger charge is -2.19. The average Bonchev–Trinajstić information content (AvgIpc) is 2.64. The van der Waals surface area contributed by atoms with E-state index in [0.717, 1.165) is 6.20 Å². The molecule has 3 aromatic rings. The zero-order valence-electron chi connectivity index (χ0n) is 13.1. The molecule has 8 heteroatoms. The number of pyridine rings is 1. The van der Waals surface area contributed by atoms with Crippen molar-refractivity contribution in [1.82, 2.24) is 15.0 Å². The molecular weight excluding hydrogens is 328 g/mol. The van der Waals surface area contributed by atoms with Crippen LogP contribution >= 0.6 is 0 Å². The summed E-state index contributed by atoms with van der Waals surface area (Å²) in [4.78, 5) is 25.4. The topological polar surface area (TPSA) is 71.0 Å². The van der Waals surface area contributed by atoms with Crippen molar-refractivity contribution in [2.75, 3.05) is 17.3 Å². The van der Waals surface area contributed by atoms with Crippen LogP contribution in [0.3, 0.4) is 0 Å². The molecule has 0 aliphatic rings. The highest BCUT2D eigenvalue weighted by atomic mass is 19.1. The van der Waals surface area contributed by atoms with Gasteiger partial charge < -0.3 is 10.2 Å². The number of anilines is 3. The van der Waals surface area contributed by atoms with E-state index in [2.05, 4.69) is 20.3 Å². The molecule has 25 heavy (non-hydrogen) atoms. The van der Waals surface area contributed by atoms with Crippen LogP contribution in [0.5, 0.6) is 0 Å². The number of hydrogen-bond acceptors (Lipinski definition) is 5. The van der Waals surface area contributed by atoms with Gasteiger partial charge in [-0.15, -0.1) is 0 Å². The monoisotopic (exact) mass is 341 g/mol. The lowest BCUT2D eigenvalue weighted by Crippen LogP contribution is -2.16. The summed E-state index contributed by atoms with van der Waals surface area (Å²) in [5, 5.41) is 2.53. The Morgan fingerprint density at radius 2 is 1.84 bits per heavy atom. The number of carbonyl (C=O) groups is 1. The largest absolute Gasteiger partial charge is 0.340 e. The van der Waals surface area contributed by atoms with Crippen LogP contribution in [0.4, 0.5) is 26.0 Å². The normalized spacial score (nSPS) is 10.4. The van der Waals surface area contributed by atoms with Crippen molar-refractivity contribution in [2.24, 2.45) is 0 Å². The van der Waals surface area contributed by atoms with E-state index in [1.54, 1.807) is 7.05 Å². The predicted octanol–water partition coefficient (Wildman–Crippen LogP) is 3.17. The molecule has 126 valence electrons. The fourth-order valence-electron chi connectivity index (χ4n) is 2.15. The van der Waals surface area contributed by atoms with Gasteiger partial charge in [0.2, 0.25) is 0 Å². The van der Waals surface area contributed by atoms with Gasteiger partial charge in [0.1, 0.15) is 23.8 Å². The summed E-state index contributed by atoms with van der Waals surface area (Å²) in [5.41, 5.74) is 0.986. The van der Waals surface area contributed by atoms with E-state index in [1.807, 2.05) is 0 Å². The molecule has 0 unspecified atom stereocenters. The maximum atomic E-state index is 14.2. The second kappa shape index (κ2) is 7.00. The van der Waals surface area contributed by atoms with Crippen LogP contribution < -0.4 is 10.2 Å². The van der Waals surface area contributed by atoms with Crippen molar-refractivity contribution in [2.45, 2.75) is 0 Å². The van der Waals surface area contributed by atoms with Gasteiger partial charge in [0.25, 0.3) is 5.91 Å². The third kappa shape index (κ3) is 3.74. The summed E-state index contributed by atoms with van der Waals surface area (Å²) in [6.45, 7) is 0. The zero-order chi connectivity index (χ0) is 17.8. The smallest absolute Gasteiger partial charge is 0.256 e. The van der Waals surface area contributed by atoms with E-state index in [4.69, 9.17) is 0 Å². The van der Waals surface area contributed by atoms with Crippen molar-refractivity contribution in [1.29, 1.82) is 0 Å². The first-order valence-electron chi connectivity index (χ1n) is 7.26. The summed E-state index contributed by atoms with van der Waals surface area (Å²) in [7, 11) is 1.64. The number of rotatable bonds is 4. The highest BCUT2D eigenvalue weighted by Crippen LogP contribution is 2.26. The van der Waals surface area contributed by atoms with Crippen LogP contribution in [0.25, 0.3) is 0 Å². The van der Waals surface area contributed by atoms with Gasteiger partial charge in [0.05, 0.1) is 30.0 Å². The van der Waals surface area contributed by atoms with Crippen molar-refractivity contribution < 1.29 is 13.6 Å². The molecule has 1 aromatic carbocycles.